The normalized spacial score (nSPS) is 21.3. The Labute approximate surface area is 97.0 Å². The summed E-state index contributed by atoms with van der Waals surface area (Å²) in [6.07, 6.45) is 4.45. The van der Waals surface area contributed by atoms with Crippen LogP contribution in [0.25, 0.3) is 0 Å². The molecule has 0 spiro atoms. The second-order valence-electron chi connectivity index (χ2n) is 4.83. The molecule has 1 unspecified atom stereocenters. The maximum absolute atomic E-state index is 5.97. The molecule has 0 aliphatic carbocycles. The topological polar surface area (TPSA) is 39.1 Å². The van der Waals surface area contributed by atoms with Gasteiger partial charge >= 0.3 is 0 Å². The van der Waals surface area contributed by atoms with Gasteiger partial charge in [-0.15, -0.1) is 0 Å². The first kappa shape index (κ1) is 11.5. The molecule has 0 bridgehead atoms. The van der Waals surface area contributed by atoms with Crippen LogP contribution in [0.3, 0.4) is 0 Å². The summed E-state index contributed by atoms with van der Waals surface area (Å²) in [7, 11) is 0. The Bertz CT molecular complexity index is 316. The van der Waals surface area contributed by atoms with Gasteiger partial charge in [-0.1, -0.05) is 13.8 Å². The Kier molecular flexibility index (Phi) is 3.83. The minimum absolute atomic E-state index is 0.302. The Balaban J connectivity index is 1.94. The first-order chi connectivity index (χ1) is 7.75. The quantitative estimate of drug-likeness (QED) is 0.844. The summed E-state index contributed by atoms with van der Waals surface area (Å²) < 4.78 is 7.92. The predicted molar refractivity (Wildman–Crippen MR) is 63.6 cm³/mol. The lowest BCUT2D eigenvalue weighted by Crippen LogP contribution is -2.37. The third kappa shape index (κ3) is 2.98. The monoisotopic (exact) mass is 223 g/mol. The van der Waals surface area contributed by atoms with Crippen molar-refractivity contribution >= 4 is 0 Å². The number of ether oxygens (including phenoxy) is 1. The van der Waals surface area contributed by atoms with E-state index < -0.39 is 0 Å². The van der Waals surface area contributed by atoms with Crippen molar-refractivity contribution in [3.8, 4) is 5.88 Å². The molecule has 1 saturated heterocycles. The van der Waals surface area contributed by atoms with Crippen LogP contribution in [0.5, 0.6) is 5.88 Å². The zero-order chi connectivity index (χ0) is 11.4. The Morgan fingerprint density at radius 1 is 1.62 bits per heavy atom. The highest BCUT2D eigenvalue weighted by Crippen LogP contribution is 2.16. The van der Waals surface area contributed by atoms with Crippen LogP contribution in [-0.2, 0) is 6.54 Å². The Hall–Kier alpha value is -1.03. The SMILES string of the molecule is CC(C)Cn1nccc1OC1CCCNC1. The third-order valence-electron chi connectivity index (χ3n) is 2.75. The number of rotatable bonds is 4. The standard InChI is InChI=1S/C12H21N3O/c1-10(2)9-15-12(5-7-14-15)16-11-4-3-6-13-8-11/h5,7,10-11,13H,3-4,6,8-9H2,1-2H3. The van der Waals surface area contributed by atoms with Crippen LogP contribution in [-0.4, -0.2) is 29.0 Å². The van der Waals surface area contributed by atoms with E-state index in [-0.39, 0.29) is 0 Å². The van der Waals surface area contributed by atoms with Crippen molar-refractivity contribution in [1.29, 1.82) is 0 Å². The molecule has 1 fully saturated rings. The zero-order valence-electron chi connectivity index (χ0n) is 10.1. The van der Waals surface area contributed by atoms with Crippen molar-refractivity contribution in [2.45, 2.75) is 39.3 Å². The minimum atomic E-state index is 0.302. The molecule has 4 nitrogen and oxygen atoms in total. The number of hydrogen-bond acceptors (Lipinski definition) is 3. The van der Waals surface area contributed by atoms with Crippen molar-refractivity contribution in [1.82, 2.24) is 15.1 Å². The molecular weight excluding hydrogens is 202 g/mol. The summed E-state index contributed by atoms with van der Waals surface area (Å²) in [5.74, 6) is 1.49. The third-order valence-corrected chi connectivity index (χ3v) is 2.75. The molecule has 1 N–H and O–H groups in total. The number of piperidine rings is 1. The van der Waals surface area contributed by atoms with Gasteiger partial charge in [-0.3, -0.25) is 0 Å². The molecule has 4 heteroatoms. The van der Waals surface area contributed by atoms with Crippen LogP contribution >= 0.6 is 0 Å². The lowest BCUT2D eigenvalue weighted by Gasteiger charge is -2.24. The summed E-state index contributed by atoms with van der Waals surface area (Å²) in [5, 5.41) is 7.65. The fourth-order valence-corrected chi connectivity index (χ4v) is 1.99. The summed E-state index contributed by atoms with van der Waals surface area (Å²) in [4.78, 5) is 0. The number of aromatic nitrogens is 2. The lowest BCUT2D eigenvalue weighted by atomic mass is 10.1. The van der Waals surface area contributed by atoms with Gasteiger partial charge in [0.05, 0.1) is 6.20 Å². The van der Waals surface area contributed by atoms with Crippen molar-refractivity contribution < 1.29 is 4.74 Å². The molecule has 0 aromatic carbocycles. The van der Waals surface area contributed by atoms with Gasteiger partial charge in [-0.25, -0.2) is 4.68 Å². The lowest BCUT2D eigenvalue weighted by molar-refractivity contribution is 0.149. The van der Waals surface area contributed by atoms with Gasteiger partial charge in [-0.2, -0.15) is 5.10 Å². The van der Waals surface area contributed by atoms with Crippen molar-refractivity contribution in [3.05, 3.63) is 12.3 Å². The maximum Gasteiger partial charge on any atom is 0.212 e. The Morgan fingerprint density at radius 2 is 2.50 bits per heavy atom. The first-order valence-electron chi connectivity index (χ1n) is 6.15. The molecule has 2 rings (SSSR count). The van der Waals surface area contributed by atoms with Gasteiger partial charge in [0.15, 0.2) is 0 Å². The maximum atomic E-state index is 5.97. The average Bonchev–Trinajstić information content (AvgIpc) is 2.66. The van der Waals surface area contributed by atoms with Gasteiger partial charge in [0, 0.05) is 19.2 Å². The Morgan fingerprint density at radius 3 is 3.19 bits per heavy atom. The number of hydrogen-bond donors (Lipinski definition) is 1. The summed E-state index contributed by atoms with van der Waals surface area (Å²) in [5.41, 5.74) is 0. The fraction of sp³-hybridized carbons (Fsp3) is 0.750. The van der Waals surface area contributed by atoms with E-state index >= 15 is 0 Å². The van der Waals surface area contributed by atoms with E-state index in [2.05, 4.69) is 24.3 Å². The van der Waals surface area contributed by atoms with E-state index in [1.807, 2.05) is 16.9 Å². The van der Waals surface area contributed by atoms with Gasteiger partial charge in [0.2, 0.25) is 5.88 Å². The number of nitrogens with zero attached hydrogens (tertiary/aromatic N) is 2. The molecule has 16 heavy (non-hydrogen) atoms. The van der Waals surface area contributed by atoms with Gasteiger partial charge in [0.25, 0.3) is 0 Å². The van der Waals surface area contributed by atoms with Crippen LogP contribution in [0.4, 0.5) is 0 Å². The summed E-state index contributed by atoms with van der Waals surface area (Å²) in [6, 6.07) is 1.96. The van der Waals surface area contributed by atoms with E-state index in [0.29, 0.717) is 12.0 Å². The van der Waals surface area contributed by atoms with E-state index in [9.17, 15) is 0 Å². The minimum Gasteiger partial charge on any atom is -0.473 e. The first-order valence-corrected chi connectivity index (χ1v) is 6.15. The highest BCUT2D eigenvalue weighted by molar-refractivity contribution is 5.08. The second kappa shape index (κ2) is 5.34. The molecule has 1 aliphatic rings. The average molecular weight is 223 g/mol. The molecule has 0 radical (unpaired) electrons. The molecule has 1 aromatic heterocycles. The van der Waals surface area contributed by atoms with E-state index in [0.717, 1.165) is 31.9 Å². The van der Waals surface area contributed by atoms with Crippen LogP contribution in [0.1, 0.15) is 26.7 Å². The largest absolute Gasteiger partial charge is 0.473 e. The zero-order valence-corrected chi connectivity index (χ0v) is 10.1. The molecular formula is C12H21N3O. The van der Waals surface area contributed by atoms with Crippen molar-refractivity contribution in [2.75, 3.05) is 13.1 Å². The van der Waals surface area contributed by atoms with Crippen molar-refractivity contribution in [3.63, 3.8) is 0 Å². The van der Waals surface area contributed by atoms with E-state index in [1.165, 1.54) is 6.42 Å². The molecule has 2 heterocycles. The highest BCUT2D eigenvalue weighted by Gasteiger charge is 2.16. The van der Waals surface area contributed by atoms with Gasteiger partial charge in [-0.05, 0) is 25.3 Å². The molecule has 0 amide bonds. The predicted octanol–water partition coefficient (Wildman–Crippen LogP) is 1.67. The van der Waals surface area contributed by atoms with Crippen molar-refractivity contribution in [2.24, 2.45) is 5.92 Å². The molecule has 90 valence electrons. The van der Waals surface area contributed by atoms with Gasteiger partial charge < -0.3 is 10.1 Å². The summed E-state index contributed by atoms with van der Waals surface area (Å²) >= 11 is 0. The fourth-order valence-electron chi connectivity index (χ4n) is 1.99. The second-order valence-corrected chi connectivity index (χ2v) is 4.83. The van der Waals surface area contributed by atoms with E-state index in [4.69, 9.17) is 4.74 Å². The molecule has 1 aliphatic heterocycles. The van der Waals surface area contributed by atoms with Crippen LogP contribution in [0, 0.1) is 5.92 Å². The smallest absolute Gasteiger partial charge is 0.212 e. The molecule has 0 saturated carbocycles. The van der Waals surface area contributed by atoms with Crippen LogP contribution < -0.4 is 10.1 Å². The molecule has 1 atom stereocenters. The van der Waals surface area contributed by atoms with Crippen LogP contribution in [0.2, 0.25) is 0 Å². The highest BCUT2D eigenvalue weighted by atomic mass is 16.5. The summed E-state index contributed by atoms with van der Waals surface area (Å²) in [6.45, 7) is 7.36. The van der Waals surface area contributed by atoms with E-state index in [1.54, 1.807) is 0 Å². The van der Waals surface area contributed by atoms with Gasteiger partial charge in [0.1, 0.15) is 6.10 Å². The number of nitrogens with one attached hydrogen (secondary N) is 1. The van der Waals surface area contributed by atoms with Crippen LogP contribution in [0.15, 0.2) is 12.3 Å². The molecule has 1 aromatic rings.